The molecule has 1 aromatic heterocycles. The first-order valence-electron chi connectivity index (χ1n) is 5.98. The zero-order valence-corrected chi connectivity index (χ0v) is 11.2. The third-order valence-corrected chi connectivity index (χ3v) is 3.52. The van der Waals surface area contributed by atoms with Crippen molar-refractivity contribution in [1.29, 1.82) is 0 Å². The zero-order valence-electron chi connectivity index (χ0n) is 10.4. The summed E-state index contributed by atoms with van der Waals surface area (Å²) in [5, 5.41) is 2.45. The third-order valence-electron chi connectivity index (χ3n) is 3.16. The van der Waals surface area contributed by atoms with E-state index < -0.39 is 23.6 Å². The number of ether oxygens (including phenoxy) is 1. The summed E-state index contributed by atoms with van der Waals surface area (Å²) < 4.78 is 4.79. The predicted molar refractivity (Wildman–Crippen MR) is 67.4 cm³/mol. The Morgan fingerprint density at radius 2 is 2.10 bits per heavy atom. The van der Waals surface area contributed by atoms with Crippen molar-refractivity contribution in [1.82, 2.24) is 15.3 Å². The minimum atomic E-state index is -0.669. The molecule has 2 aliphatic rings. The van der Waals surface area contributed by atoms with Crippen LogP contribution in [0.4, 0.5) is 0 Å². The van der Waals surface area contributed by atoms with Gasteiger partial charge in [-0.25, -0.2) is 9.78 Å². The molecule has 0 spiro atoms. The van der Waals surface area contributed by atoms with Crippen LogP contribution in [-0.4, -0.2) is 40.2 Å². The normalized spacial score (nSPS) is 22.1. The number of halogens is 1. The second kappa shape index (κ2) is 4.45. The van der Waals surface area contributed by atoms with Crippen LogP contribution in [0.3, 0.4) is 0 Å². The molecule has 1 saturated heterocycles. The second-order valence-corrected chi connectivity index (χ2v) is 4.92. The van der Waals surface area contributed by atoms with Crippen LogP contribution in [0.5, 0.6) is 0 Å². The summed E-state index contributed by atoms with van der Waals surface area (Å²) in [7, 11) is 0. The standard InChI is InChI=1S/C12H10ClN3O4/c1-4-14-8-9(15-4)11(18)7(6(13)10(8)17)16-5-2-3-20-12(5)19/h5,16H,2-3H2,1H3,(H,14,15)/t5-/m0/s1. The maximum Gasteiger partial charge on any atom is 0.328 e. The molecule has 0 bridgehead atoms. The van der Waals surface area contributed by atoms with E-state index in [0.29, 0.717) is 12.2 Å². The molecule has 1 aliphatic carbocycles. The van der Waals surface area contributed by atoms with Gasteiger partial charge in [0.1, 0.15) is 34.0 Å². The lowest BCUT2D eigenvalue weighted by Gasteiger charge is -2.17. The average molecular weight is 296 g/mol. The van der Waals surface area contributed by atoms with Gasteiger partial charge in [-0.1, -0.05) is 11.6 Å². The van der Waals surface area contributed by atoms with E-state index in [1.165, 1.54) is 0 Å². The zero-order chi connectivity index (χ0) is 14.4. The first-order chi connectivity index (χ1) is 9.49. The van der Waals surface area contributed by atoms with Crippen molar-refractivity contribution in [3.8, 4) is 0 Å². The number of fused-ring (bicyclic) bond motifs is 1. The molecule has 0 aromatic carbocycles. The number of esters is 1. The van der Waals surface area contributed by atoms with Crippen molar-refractivity contribution in [3.63, 3.8) is 0 Å². The number of aryl methyl sites for hydroxylation is 1. The topological polar surface area (TPSA) is 101 Å². The highest BCUT2D eigenvalue weighted by molar-refractivity contribution is 6.49. The average Bonchev–Trinajstić information content (AvgIpc) is 2.99. The maximum atomic E-state index is 12.3. The van der Waals surface area contributed by atoms with Gasteiger partial charge in [0, 0.05) is 6.42 Å². The van der Waals surface area contributed by atoms with Crippen LogP contribution in [0.2, 0.25) is 0 Å². The van der Waals surface area contributed by atoms with Crippen LogP contribution < -0.4 is 5.32 Å². The number of carbonyl (C=O) groups is 3. The number of ketones is 2. The Bertz CT molecular complexity index is 676. The minimum Gasteiger partial charge on any atom is -0.464 e. The van der Waals surface area contributed by atoms with Gasteiger partial charge in [0.05, 0.1) is 6.61 Å². The Morgan fingerprint density at radius 3 is 2.75 bits per heavy atom. The molecular weight excluding hydrogens is 286 g/mol. The van der Waals surface area contributed by atoms with E-state index in [4.69, 9.17) is 16.3 Å². The molecule has 8 heteroatoms. The number of nitrogens with one attached hydrogen (secondary N) is 2. The predicted octanol–water partition coefficient (Wildman–Crippen LogP) is 0.453. The Morgan fingerprint density at radius 1 is 1.35 bits per heavy atom. The van der Waals surface area contributed by atoms with E-state index in [-0.39, 0.29) is 28.7 Å². The highest BCUT2D eigenvalue weighted by Gasteiger charge is 2.37. The Balaban J connectivity index is 1.98. The fourth-order valence-electron chi connectivity index (χ4n) is 2.19. The second-order valence-electron chi connectivity index (χ2n) is 4.55. The molecule has 7 nitrogen and oxygen atoms in total. The number of nitrogens with zero attached hydrogens (tertiary/aromatic N) is 1. The number of cyclic esters (lactones) is 1. The van der Waals surface area contributed by atoms with Crippen molar-refractivity contribution in [2.75, 3.05) is 6.61 Å². The number of H-pyrrole nitrogens is 1. The summed E-state index contributed by atoms with van der Waals surface area (Å²) in [4.78, 5) is 42.5. The maximum absolute atomic E-state index is 12.3. The molecule has 20 heavy (non-hydrogen) atoms. The third kappa shape index (κ3) is 1.82. The van der Waals surface area contributed by atoms with Gasteiger partial charge in [0.2, 0.25) is 11.6 Å². The van der Waals surface area contributed by atoms with E-state index >= 15 is 0 Å². The molecule has 0 radical (unpaired) electrons. The van der Waals surface area contributed by atoms with Crippen molar-refractivity contribution < 1.29 is 19.1 Å². The van der Waals surface area contributed by atoms with Crippen molar-refractivity contribution in [2.45, 2.75) is 19.4 Å². The first kappa shape index (κ1) is 12.9. The minimum absolute atomic E-state index is 0.0192. The quantitative estimate of drug-likeness (QED) is 0.768. The summed E-state index contributed by atoms with van der Waals surface area (Å²) in [6, 6.07) is -0.669. The summed E-state index contributed by atoms with van der Waals surface area (Å²) in [6.45, 7) is 1.91. The van der Waals surface area contributed by atoms with Gasteiger partial charge in [-0.05, 0) is 6.92 Å². The largest absolute Gasteiger partial charge is 0.464 e. The molecule has 0 unspecified atom stereocenters. The number of rotatable bonds is 2. The summed E-state index contributed by atoms with van der Waals surface area (Å²) in [5.41, 5.74) is 0.00216. The van der Waals surface area contributed by atoms with Gasteiger partial charge >= 0.3 is 5.97 Å². The van der Waals surface area contributed by atoms with E-state index in [1.54, 1.807) is 6.92 Å². The lowest BCUT2D eigenvalue weighted by atomic mass is 10.0. The fourth-order valence-corrected chi connectivity index (χ4v) is 2.43. The first-order valence-corrected chi connectivity index (χ1v) is 6.35. The molecule has 3 rings (SSSR count). The molecule has 1 atom stereocenters. The van der Waals surface area contributed by atoms with Gasteiger partial charge in [-0.2, -0.15) is 0 Å². The Hall–Kier alpha value is -2.15. The van der Waals surface area contributed by atoms with Gasteiger partial charge in [-0.15, -0.1) is 0 Å². The molecule has 1 fully saturated rings. The molecule has 2 N–H and O–H groups in total. The number of carbonyl (C=O) groups excluding carboxylic acids is 3. The molecular formula is C12H10ClN3O4. The lowest BCUT2D eigenvalue weighted by Crippen LogP contribution is -2.38. The molecule has 2 heterocycles. The Labute approximate surface area is 118 Å². The number of hydrogen-bond donors (Lipinski definition) is 2. The number of aromatic amines is 1. The van der Waals surface area contributed by atoms with Gasteiger partial charge in [0.15, 0.2) is 0 Å². The molecule has 0 saturated carbocycles. The number of hydrogen-bond acceptors (Lipinski definition) is 6. The van der Waals surface area contributed by atoms with Crippen LogP contribution >= 0.6 is 11.6 Å². The van der Waals surface area contributed by atoms with Crippen LogP contribution in [0.25, 0.3) is 0 Å². The van der Waals surface area contributed by atoms with Crippen LogP contribution in [0, 0.1) is 6.92 Å². The highest BCUT2D eigenvalue weighted by Crippen LogP contribution is 2.26. The molecule has 104 valence electrons. The monoisotopic (exact) mass is 295 g/mol. The summed E-state index contributed by atoms with van der Waals surface area (Å²) in [5.74, 6) is -1.04. The highest BCUT2D eigenvalue weighted by atomic mass is 35.5. The summed E-state index contributed by atoms with van der Waals surface area (Å²) in [6.07, 6.45) is 0.417. The van der Waals surface area contributed by atoms with Crippen LogP contribution in [-0.2, 0) is 9.53 Å². The van der Waals surface area contributed by atoms with E-state index in [2.05, 4.69) is 15.3 Å². The number of Topliss-reactive ketones (excluding diaryl/α,β-unsaturated/α-hetero) is 2. The van der Waals surface area contributed by atoms with Crippen molar-refractivity contribution in [2.24, 2.45) is 0 Å². The van der Waals surface area contributed by atoms with E-state index in [9.17, 15) is 14.4 Å². The fraction of sp³-hybridized carbons (Fsp3) is 0.333. The smallest absolute Gasteiger partial charge is 0.328 e. The van der Waals surface area contributed by atoms with Gasteiger partial charge in [-0.3, -0.25) is 9.59 Å². The molecule has 1 aromatic rings. The van der Waals surface area contributed by atoms with Gasteiger partial charge < -0.3 is 15.0 Å². The van der Waals surface area contributed by atoms with E-state index in [0.717, 1.165) is 0 Å². The van der Waals surface area contributed by atoms with Crippen molar-refractivity contribution in [3.05, 3.63) is 27.9 Å². The lowest BCUT2D eigenvalue weighted by molar-refractivity contribution is -0.139. The number of allylic oxidation sites excluding steroid dienone is 2. The Kier molecular flexibility index (Phi) is 2.86. The molecule has 1 aliphatic heterocycles. The van der Waals surface area contributed by atoms with Crippen LogP contribution in [0.15, 0.2) is 10.7 Å². The van der Waals surface area contributed by atoms with E-state index in [1.807, 2.05) is 0 Å². The van der Waals surface area contributed by atoms with Gasteiger partial charge in [0.25, 0.3) is 0 Å². The SMILES string of the molecule is Cc1nc2c([nH]1)C(=O)C(Cl)=C(N[C@H]1CCOC1=O)C2=O. The number of imidazole rings is 1. The van der Waals surface area contributed by atoms with Crippen LogP contribution in [0.1, 0.15) is 33.2 Å². The summed E-state index contributed by atoms with van der Waals surface area (Å²) >= 11 is 5.94. The number of aromatic nitrogens is 2. The molecule has 0 amide bonds. The van der Waals surface area contributed by atoms with Crippen molar-refractivity contribution >= 4 is 29.1 Å².